The molecule has 4 heteroatoms. The molecule has 0 amide bonds. The number of nitrogens with zero attached hydrogens (tertiary/aromatic N) is 1. The van der Waals surface area contributed by atoms with Gasteiger partial charge in [-0.3, -0.25) is 0 Å². The van der Waals surface area contributed by atoms with Crippen molar-refractivity contribution < 1.29 is 9.90 Å². The van der Waals surface area contributed by atoms with Gasteiger partial charge in [0.1, 0.15) is 4.88 Å². The molecule has 3 nitrogen and oxygen atoms in total. The molecule has 0 aliphatic heterocycles. The maximum atomic E-state index is 11.1. The zero-order chi connectivity index (χ0) is 14.0. The fourth-order valence-corrected chi connectivity index (χ4v) is 3.07. The Morgan fingerprint density at radius 2 is 1.95 bits per heavy atom. The molecule has 0 unspecified atom stereocenters. The number of carboxylic acid groups (broad SMARTS) is 1. The van der Waals surface area contributed by atoms with Gasteiger partial charge >= 0.3 is 5.97 Å². The Labute approximate surface area is 116 Å². The second-order valence-corrected chi connectivity index (χ2v) is 6.28. The van der Waals surface area contributed by atoms with Crippen molar-refractivity contribution in [1.29, 1.82) is 0 Å². The molecule has 0 radical (unpaired) electrons. The molecule has 1 heterocycles. The van der Waals surface area contributed by atoms with Gasteiger partial charge in [0.2, 0.25) is 0 Å². The molecule has 100 valence electrons. The van der Waals surface area contributed by atoms with Crippen LogP contribution < -0.4 is 0 Å². The van der Waals surface area contributed by atoms with Gasteiger partial charge in [0.05, 0.1) is 10.7 Å². The van der Waals surface area contributed by atoms with Crippen molar-refractivity contribution in [1.82, 2.24) is 4.98 Å². The van der Waals surface area contributed by atoms with Crippen LogP contribution >= 0.6 is 11.3 Å². The summed E-state index contributed by atoms with van der Waals surface area (Å²) >= 11 is 1.28. The lowest BCUT2D eigenvalue weighted by atomic mass is 9.86. The summed E-state index contributed by atoms with van der Waals surface area (Å²) in [5, 5.41) is 9.99. The highest BCUT2D eigenvalue weighted by Crippen LogP contribution is 2.32. The minimum Gasteiger partial charge on any atom is -0.477 e. The van der Waals surface area contributed by atoms with E-state index < -0.39 is 5.97 Å². The first kappa shape index (κ1) is 13.7. The number of rotatable bonds is 4. The van der Waals surface area contributed by atoms with Crippen molar-refractivity contribution >= 4 is 17.3 Å². The van der Waals surface area contributed by atoms with Crippen LogP contribution in [0.25, 0.3) is 0 Å². The lowest BCUT2D eigenvalue weighted by Gasteiger charge is -2.21. The Bertz CT molecular complexity index is 587. The number of aromatic nitrogens is 1. The molecule has 2 rings (SSSR count). The van der Waals surface area contributed by atoms with Gasteiger partial charge in [0, 0.05) is 5.41 Å². The predicted molar refractivity (Wildman–Crippen MR) is 77.0 cm³/mol. The third-order valence-corrected chi connectivity index (χ3v) is 4.57. The van der Waals surface area contributed by atoms with Crippen LogP contribution in [0.1, 0.15) is 39.8 Å². The number of benzene rings is 1. The highest BCUT2D eigenvalue weighted by Gasteiger charge is 2.27. The van der Waals surface area contributed by atoms with E-state index in [1.165, 1.54) is 16.9 Å². The second-order valence-electron chi connectivity index (χ2n) is 5.28. The maximum absolute atomic E-state index is 11.1. The van der Waals surface area contributed by atoms with Crippen LogP contribution in [0.2, 0.25) is 0 Å². The van der Waals surface area contributed by atoms with Crippen LogP contribution in [0, 0.1) is 6.92 Å². The van der Waals surface area contributed by atoms with E-state index in [1.807, 2.05) is 18.2 Å². The third kappa shape index (κ3) is 3.01. The zero-order valence-electron chi connectivity index (χ0n) is 11.3. The second kappa shape index (κ2) is 5.13. The summed E-state index contributed by atoms with van der Waals surface area (Å²) in [6.45, 7) is 5.95. The molecule has 1 aromatic heterocycles. The Kier molecular flexibility index (Phi) is 3.71. The highest BCUT2D eigenvalue weighted by atomic mass is 32.1. The molecule has 1 N–H and O–H groups in total. The van der Waals surface area contributed by atoms with Crippen LogP contribution in [0.3, 0.4) is 0 Å². The van der Waals surface area contributed by atoms with Crippen molar-refractivity contribution in [2.45, 2.75) is 32.6 Å². The van der Waals surface area contributed by atoms with Crippen LogP contribution in [0.5, 0.6) is 0 Å². The largest absolute Gasteiger partial charge is 0.477 e. The quantitative estimate of drug-likeness (QED) is 0.926. The first-order valence-corrected chi connectivity index (χ1v) is 6.97. The molecule has 0 aliphatic rings. The van der Waals surface area contributed by atoms with Crippen LogP contribution in [-0.4, -0.2) is 16.1 Å². The van der Waals surface area contributed by atoms with Gasteiger partial charge in [-0.15, -0.1) is 11.3 Å². The SMILES string of the molecule is Cc1nc(C(C)(C)Cc2ccccc2)sc1C(=O)O. The van der Waals surface area contributed by atoms with E-state index in [0.29, 0.717) is 10.6 Å². The molecule has 1 aromatic carbocycles. The predicted octanol–water partition coefficient (Wildman–Crippen LogP) is 3.67. The average Bonchev–Trinajstić information content (AvgIpc) is 2.73. The van der Waals surface area contributed by atoms with Crippen molar-refractivity contribution in [2.24, 2.45) is 0 Å². The van der Waals surface area contributed by atoms with Crippen molar-refractivity contribution in [3.05, 3.63) is 51.5 Å². The van der Waals surface area contributed by atoms with Crippen molar-refractivity contribution in [3.63, 3.8) is 0 Å². The molecule has 0 bridgehead atoms. The first-order valence-electron chi connectivity index (χ1n) is 6.15. The number of hydrogen-bond acceptors (Lipinski definition) is 3. The van der Waals surface area contributed by atoms with E-state index in [4.69, 9.17) is 5.11 Å². The third-order valence-electron chi connectivity index (χ3n) is 3.06. The summed E-state index contributed by atoms with van der Waals surface area (Å²) in [5.41, 5.74) is 1.68. The summed E-state index contributed by atoms with van der Waals surface area (Å²) < 4.78 is 0. The minimum atomic E-state index is -0.892. The van der Waals surface area contributed by atoms with E-state index in [2.05, 4.69) is 31.0 Å². The van der Waals surface area contributed by atoms with Crippen LogP contribution in [-0.2, 0) is 11.8 Å². The normalized spacial score (nSPS) is 11.5. The molecule has 0 spiro atoms. The summed E-state index contributed by atoms with van der Waals surface area (Å²) in [4.78, 5) is 15.9. The Balaban J connectivity index is 2.29. The Morgan fingerprint density at radius 1 is 1.32 bits per heavy atom. The zero-order valence-corrected chi connectivity index (χ0v) is 12.1. The molecule has 0 saturated carbocycles. The van der Waals surface area contributed by atoms with Gasteiger partial charge in [-0.25, -0.2) is 9.78 Å². The molecular weight excluding hydrogens is 258 g/mol. The Morgan fingerprint density at radius 3 is 2.47 bits per heavy atom. The maximum Gasteiger partial charge on any atom is 0.347 e. The van der Waals surface area contributed by atoms with Gasteiger partial charge in [-0.1, -0.05) is 44.2 Å². The van der Waals surface area contributed by atoms with Crippen LogP contribution in [0.15, 0.2) is 30.3 Å². The summed E-state index contributed by atoms with van der Waals surface area (Å²) in [5.74, 6) is -0.892. The van der Waals surface area contributed by atoms with E-state index in [-0.39, 0.29) is 5.41 Å². The number of carboxylic acids is 1. The van der Waals surface area contributed by atoms with Crippen molar-refractivity contribution in [3.8, 4) is 0 Å². The lowest BCUT2D eigenvalue weighted by molar-refractivity contribution is 0.0701. The molecule has 0 saturated heterocycles. The van der Waals surface area contributed by atoms with E-state index in [0.717, 1.165) is 11.4 Å². The minimum absolute atomic E-state index is 0.162. The molecule has 0 fully saturated rings. The van der Waals surface area contributed by atoms with Crippen molar-refractivity contribution in [2.75, 3.05) is 0 Å². The van der Waals surface area contributed by atoms with Gasteiger partial charge < -0.3 is 5.11 Å². The average molecular weight is 275 g/mol. The standard InChI is InChI=1S/C15H17NO2S/c1-10-12(13(17)18)19-14(16-10)15(2,3)9-11-7-5-4-6-8-11/h4-8H,9H2,1-3H3,(H,17,18). The molecule has 19 heavy (non-hydrogen) atoms. The number of aryl methyl sites for hydroxylation is 1. The first-order chi connectivity index (χ1) is 8.90. The van der Waals surface area contributed by atoms with Gasteiger partial charge in [-0.05, 0) is 18.9 Å². The van der Waals surface area contributed by atoms with Gasteiger partial charge in [-0.2, -0.15) is 0 Å². The van der Waals surface area contributed by atoms with Crippen LogP contribution in [0.4, 0.5) is 0 Å². The number of aromatic carboxylic acids is 1. The summed E-state index contributed by atoms with van der Waals surface area (Å²) in [7, 11) is 0. The highest BCUT2D eigenvalue weighted by molar-refractivity contribution is 7.13. The number of hydrogen-bond donors (Lipinski definition) is 1. The fourth-order valence-electron chi connectivity index (χ4n) is 2.07. The Hall–Kier alpha value is -1.68. The number of carbonyl (C=O) groups is 1. The smallest absolute Gasteiger partial charge is 0.347 e. The summed E-state index contributed by atoms with van der Waals surface area (Å²) in [6, 6.07) is 10.2. The van der Waals surface area contributed by atoms with Gasteiger partial charge in [0.15, 0.2) is 0 Å². The number of thiazole rings is 1. The topological polar surface area (TPSA) is 50.2 Å². The molecular formula is C15H17NO2S. The van der Waals surface area contributed by atoms with E-state index in [1.54, 1.807) is 6.92 Å². The van der Waals surface area contributed by atoms with E-state index in [9.17, 15) is 4.79 Å². The fraction of sp³-hybridized carbons (Fsp3) is 0.333. The lowest BCUT2D eigenvalue weighted by Crippen LogP contribution is -2.20. The monoisotopic (exact) mass is 275 g/mol. The van der Waals surface area contributed by atoms with Gasteiger partial charge in [0.25, 0.3) is 0 Å². The molecule has 0 atom stereocenters. The molecule has 0 aliphatic carbocycles. The molecule has 2 aromatic rings. The van der Waals surface area contributed by atoms with E-state index >= 15 is 0 Å². The summed E-state index contributed by atoms with van der Waals surface area (Å²) in [6.07, 6.45) is 0.847.